The largest absolute Gasteiger partial charge is 0.441 e. The summed E-state index contributed by atoms with van der Waals surface area (Å²) < 4.78 is 7.03. The van der Waals surface area contributed by atoms with Gasteiger partial charge in [0.2, 0.25) is 5.89 Å². The van der Waals surface area contributed by atoms with Crippen LogP contribution in [0.4, 0.5) is 11.5 Å². The van der Waals surface area contributed by atoms with Gasteiger partial charge in [0, 0.05) is 18.7 Å². The van der Waals surface area contributed by atoms with Gasteiger partial charge >= 0.3 is 5.69 Å². The van der Waals surface area contributed by atoms with Gasteiger partial charge in [-0.25, -0.2) is 9.78 Å². The molecular weight excluding hydrogens is 410 g/mol. The van der Waals surface area contributed by atoms with Crippen molar-refractivity contribution in [3.05, 3.63) is 62.6 Å². The average molecular weight is 440 g/mol. The van der Waals surface area contributed by atoms with Crippen molar-refractivity contribution in [3.8, 4) is 11.5 Å². The summed E-state index contributed by atoms with van der Waals surface area (Å²) in [6, 6.07) is 9.24. The number of aryl methyl sites for hydroxylation is 1. The van der Waals surface area contributed by atoms with Crippen LogP contribution in [-0.4, -0.2) is 27.0 Å². The number of aromatic amines is 1. The summed E-state index contributed by atoms with van der Waals surface area (Å²) in [6.07, 6.45) is 1.43. The number of nitrogens with zero attached hydrogens (tertiary/aromatic N) is 3. The van der Waals surface area contributed by atoms with E-state index >= 15 is 0 Å². The van der Waals surface area contributed by atoms with Crippen LogP contribution in [0.1, 0.15) is 49.9 Å². The zero-order valence-corrected chi connectivity index (χ0v) is 18.8. The molecule has 9 heteroatoms. The third kappa shape index (κ3) is 4.66. The summed E-state index contributed by atoms with van der Waals surface area (Å²) in [5.74, 6) is 0.212. The van der Waals surface area contributed by atoms with Gasteiger partial charge in [0.25, 0.3) is 11.5 Å². The number of aromatic nitrogens is 3. The fraction of sp³-hybridized carbons (Fsp3) is 0.391. The molecule has 0 fully saturated rings. The first kappa shape index (κ1) is 23.1. The van der Waals surface area contributed by atoms with Gasteiger partial charge in [0.05, 0.1) is 0 Å². The van der Waals surface area contributed by atoms with Crippen LogP contribution in [0.2, 0.25) is 0 Å². The van der Waals surface area contributed by atoms with Gasteiger partial charge in [-0.15, -0.1) is 0 Å². The van der Waals surface area contributed by atoms with E-state index in [0.29, 0.717) is 24.6 Å². The number of nitrogens with one attached hydrogen (secondary N) is 1. The van der Waals surface area contributed by atoms with Gasteiger partial charge in [-0.1, -0.05) is 45.4 Å². The minimum absolute atomic E-state index is 0.0404. The van der Waals surface area contributed by atoms with Crippen LogP contribution in [0.3, 0.4) is 0 Å². The molecular formula is C23H29N5O4. The third-order valence-electron chi connectivity index (χ3n) is 5.03. The van der Waals surface area contributed by atoms with Crippen LogP contribution in [0.25, 0.3) is 11.5 Å². The molecule has 2 aromatic heterocycles. The van der Waals surface area contributed by atoms with Crippen LogP contribution in [0, 0.1) is 12.8 Å². The lowest BCUT2D eigenvalue weighted by molar-refractivity contribution is 0.0980. The van der Waals surface area contributed by atoms with Crippen molar-refractivity contribution in [2.24, 2.45) is 5.92 Å². The smallest absolute Gasteiger partial charge is 0.330 e. The van der Waals surface area contributed by atoms with Crippen molar-refractivity contribution in [2.45, 2.75) is 47.1 Å². The van der Waals surface area contributed by atoms with Crippen LogP contribution in [0.15, 0.2) is 44.3 Å². The Morgan fingerprint density at radius 3 is 2.56 bits per heavy atom. The molecule has 0 spiro atoms. The van der Waals surface area contributed by atoms with Crippen molar-refractivity contribution in [1.29, 1.82) is 0 Å². The normalized spacial score (nSPS) is 11.2. The van der Waals surface area contributed by atoms with E-state index in [9.17, 15) is 14.4 Å². The van der Waals surface area contributed by atoms with Crippen molar-refractivity contribution in [3.63, 3.8) is 0 Å². The fourth-order valence-corrected chi connectivity index (χ4v) is 3.44. The second-order valence-corrected chi connectivity index (χ2v) is 8.10. The van der Waals surface area contributed by atoms with Crippen LogP contribution < -0.4 is 21.9 Å². The van der Waals surface area contributed by atoms with E-state index < -0.39 is 17.2 Å². The molecule has 3 N–H and O–H groups in total. The second-order valence-electron chi connectivity index (χ2n) is 8.10. The van der Waals surface area contributed by atoms with Gasteiger partial charge in [-0.2, -0.15) is 0 Å². The minimum Gasteiger partial charge on any atom is -0.441 e. The molecule has 0 radical (unpaired) electrons. The first-order chi connectivity index (χ1) is 15.2. The number of carbonyl (C=O) groups excluding carboxylic acids is 1. The quantitative estimate of drug-likeness (QED) is 0.555. The number of carbonyl (C=O) groups is 1. The summed E-state index contributed by atoms with van der Waals surface area (Å²) in [6.45, 7) is 8.05. The van der Waals surface area contributed by atoms with Crippen LogP contribution in [-0.2, 0) is 6.54 Å². The van der Waals surface area contributed by atoms with Gasteiger partial charge in [-0.05, 0) is 31.4 Å². The van der Waals surface area contributed by atoms with Crippen LogP contribution >= 0.6 is 0 Å². The summed E-state index contributed by atoms with van der Waals surface area (Å²) in [4.78, 5) is 46.6. The average Bonchev–Trinajstić information content (AvgIpc) is 3.15. The Labute approximate surface area is 185 Å². The number of oxazole rings is 1. The highest BCUT2D eigenvalue weighted by atomic mass is 16.4. The predicted octanol–water partition coefficient (Wildman–Crippen LogP) is 3.19. The van der Waals surface area contributed by atoms with E-state index in [2.05, 4.69) is 9.97 Å². The first-order valence-corrected chi connectivity index (χ1v) is 10.7. The molecule has 3 rings (SSSR count). The molecule has 0 aliphatic rings. The highest BCUT2D eigenvalue weighted by molar-refractivity contribution is 6.06. The standard InChI is InChI=1S/C23H29N5O4/c1-5-6-12-27(18-19(24)28(13-14(2)3)23(31)26-20(18)29)22(30)17-15(4)32-21(25-17)16-10-8-7-9-11-16/h7-11,14H,5-6,12-13,24H2,1-4H3,(H,26,29,31). The minimum atomic E-state index is -0.707. The van der Waals surface area contributed by atoms with E-state index in [4.69, 9.17) is 10.2 Å². The Balaban J connectivity index is 2.10. The molecule has 32 heavy (non-hydrogen) atoms. The van der Waals surface area contributed by atoms with E-state index in [1.165, 1.54) is 9.47 Å². The predicted molar refractivity (Wildman–Crippen MR) is 124 cm³/mol. The number of unbranched alkanes of at least 4 members (excludes halogenated alkanes) is 1. The van der Waals surface area contributed by atoms with Gasteiger partial charge in [0.1, 0.15) is 11.6 Å². The maximum Gasteiger partial charge on any atom is 0.330 e. The topological polar surface area (TPSA) is 127 Å². The maximum absolute atomic E-state index is 13.5. The van der Waals surface area contributed by atoms with Gasteiger partial charge in [0.15, 0.2) is 11.4 Å². The van der Waals surface area contributed by atoms with Crippen LogP contribution in [0.5, 0.6) is 0 Å². The Morgan fingerprint density at radius 1 is 1.25 bits per heavy atom. The maximum atomic E-state index is 13.5. The molecule has 3 aromatic rings. The number of anilines is 2. The van der Waals surface area contributed by atoms with Crippen molar-refractivity contribution < 1.29 is 9.21 Å². The molecule has 0 aliphatic heterocycles. The highest BCUT2D eigenvalue weighted by Crippen LogP contribution is 2.25. The van der Waals surface area contributed by atoms with Crippen molar-refractivity contribution in [1.82, 2.24) is 14.5 Å². The molecule has 0 aliphatic carbocycles. The molecule has 9 nitrogen and oxygen atoms in total. The molecule has 1 aromatic carbocycles. The SMILES string of the molecule is CCCCN(C(=O)c1nc(-c2ccccc2)oc1C)c1c(N)n(CC(C)C)c(=O)[nH]c1=O. The molecule has 0 bridgehead atoms. The Hall–Kier alpha value is -3.62. The summed E-state index contributed by atoms with van der Waals surface area (Å²) in [7, 11) is 0. The number of H-pyrrole nitrogens is 1. The zero-order valence-electron chi connectivity index (χ0n) is 18.8. The molecule has 0 unspecified atom stereocenters. The number of benzene rings is 1. The second kappa shape index (κ2) is 9.67. The summed E-state index contributed by atoms with van der Waals surface area (Å²) in [5, 5.41) is 0. The van der Waals surface area contributed by atoms with Gasteiger partial charge < -0.3 is 10.2 Å². The molecule has 0 atom stereocenters. The lowest BCUT2D eigenvalue weighted by atomic mass is 10.2. The van der Waals surface area contributed by atoms with Crippen molar-refractivity contribution in [2.75, 3.05) is 17.2 Å². The number of rotatable bonds is 8. The summed E-state index contributed by atoms with van der Waals surface area (Å²) in [5.41, 5.74) is 5.74. The number of nitrogens with two attached hydrogens (primary N) is 1. The number of hydrogen-bond donors (Lipinski definition) is 2. The highest BCUT2D eigenvalue weighted by Gasteiger charge is 2.29. The molecule has 2 heterocycles. The van der Waals surface area contributed by atoms with E-state index in [1.54, 1.807) is 6.92 Å². The Bertz CT molecular complexity index is 1210. The lowest BCUT2D eigenvalue weighted by Crippen LogP contribution is -2.42. The van der Waals surface area contributed by atoms with E-state index in [1.807, 2.05) is 51.1 Å². The van der Waals surface area contributed by atoms with Crippen molar-refractivity contribution >= 4 is 17.4 Å². The monoisotopic (exact) mass is 439 g/mol. The zero-order chi connectivity index (χ0) is 23.4. The molecule has 1 amide bonds. The van der Waals surface area contributed by atoms with Gasteiger partial charge in [-0.3, -0.25) is 24.0 Å². The third-order valence-corrected chi connectivity index (χ3v) is 5.03. The number of hydrogen-bond acceptors (Lipinski definition) is 6. The lowest BCUT2D eigenvalue weighted by Gasteiger charge is -2.24. The number of amides is 1. The number of nitrogen functional groups attached to an aromatic ring is 1. The fourth-order valence-electron chi connectivity index (χ4n) is 3.44. The Kier molecular flexibility index (Phi) is 6.97. The first-order valence-electron chi connectivity index (χ1n) is 10.7. The molecule has 170 valence electrons. The molecule has 0 saturated heterocycles. The molecule has 0 saturated carbocycles. The van der Waals surface area contributed by atoms with E-state index in [-0.39, 0.29) is 29.7 Å². The Morgan fingerprint density at radius 2 is 1.94 bits per heavy atom. The van der Waals surface area contributed by atoms with E-state index in [0.717, 1.165) is 12.0 Å². The summed E-state index contributed by atoms with van der Waals surface area (Å²) >= 11 is 0.